The molecule has 0 aliphatic carbocycles. The predicted octanol–water partition coefficient (Wildman–Crippen LogP) is 5.74. The van der Waals surface area contributed by atoms with Crippen molar-refractivity contribution in [2.75, 3.05) is 27.3 Å². The van der Waals surface area contributed by atoms with Crippen molar-refractivity contribution in [1.29, 1.82) is 0 Å². The van der Waals surface area contributed by atoms with Gasteiger partial charge in [-0.3, -0.25) is 4.98 Å². The highest BCUT2D eigenvalue weighted by Gasteiger charge is 2.18. The van der Waals surface area contributed by atoms with Crippen molar-refractivity contribution in [3.05, 3.63) is 82.0 Å². The number of benzene rings is 2. The topological polar surface area (TPSA) is 109 Å². The summed E-state index contributed by atoms with van der Waals surface area (Å²) >= 11 is 14.0. The minimum Gasteiger partial charge on any atom is -0.497 e. The van der Waals surface area contributed by atoms with Gasteiger partial charge in [0.05, 0.1) is 47.9 Å². The van der Waals surface area contributed by atoms with Gasteiger partial charge in [0.1, 0.15) is 5.75 Å². The third-order valence-electron chi connectivity index (χ3n) is 6.59. The van der Waals surface area contributed by atoms with Gasteiger partial charge in [0.15, 0.2) is 0 Å². The summed E-state index contributed by atoms with van der Waals surface area (Å²) in [6.07, 6.45) is 0.810. The van der Waals surface area contributed by atoms with Gasteiger partial charge in [-0.05, 0) is 49.7 Å². The lowest BCUT2D eigenvalue weighted by Gasteiger charge is -2.15. The van der Waals surface area contributed by atoms with Crippen LogP contribution in [0.15, 0.2) is 60.8 Å². The highest BCUT2D eigenvalue weighted by molar-refractivity contribution is 6.39. The number of ether oxygens (including phenoxy) is 2. The molecule has 0 saturated heterocycles. The summed E-state index contributed by atoms with van der Waals surface area (Å²) in [5.74, 6) is 1.15. The van der Waals surface area contributed by atoms with E-state index in [9.17, 15) is 10.2 Å². The van der Waals surface area contributed by atoms with Crippen LogP contribution in [0.4, 0.5) is 0 Å². The van der Waals surface area contributed by atoms with Crippen molar-refractivity contribution in [3.8, 4) is 45.3 Å². The molecular formula is C32H36Cl2N4O4. The van der Waals surface area contributed by atoms with Crippen LogP contribution in [0.1, 0.15) is 25.0 Å². The molecule has 2 heterocycles. The van der Waals surface area contributed by atoms with Gasteiger partial charge in [0, 0.05) is 60.2 Å². The number of nitrogens with zero attached hydrogens (tertiary/aromatic N) is 2. The number of hydrogen-bond donors (Lipinski definition) is 4. The molecule has 0 amide bonds. The van der Waals surface area contributed by atoms with Crippen molar-refractivity contribution in [3.63, 3.8) is 0 Å². The molecule has 222 valence electrons. The summed E-state index contributed by atoms with van der Waals surface area (Å²) in [4.78, 5) is 9.31. The fourth-order valence-corrected chi connectivity index (χ4v) is 5.23. The maximum atomic E-state index is 9.59. The third kappa shape index (κ3) is 7.77. The second-order valence-corrected chi connectivity index (χ2v) is 10.8. The van der Waals surface area contributed by atoms with E-state index in [-0.39, 0.29) is 0 Å². The number of methoxy groups -OCH3 is 2. The minimum atomic E-state index is -0.450. The van der Waals surface area contributed by atoms with E-state index in [0.29, 0.717) is 59.2 Å². The van der Waals surface area contributed by atoms with E-state index in [0.717, 1.165) is 33.4 Å². The number of aliphatic hydroxyl groups is 2. The number of rotatable bonds is 13. The Balaban J connectivity index is 1.69. The Hall–Kier alpha value is -3.24. The second-order valence-electron chi connectivity index (χ2n) is 10.1. The number of halogens is 2. The normalized spacial score (nSPS) is 12.7. The van der Waals surface area contributed by atoms with Crippen LogP contribution in [0.25, 0.3) is 33.6 Å². The molecule has 0 aliphatic heterocycles. The number of nitrogens with one attached hydrogen (secondary N) is 2. The Kier molecular flexibility index (Phi) is 11.2. The van der Waals surface area contributed by atoms with Gasteiger partial charge < -0.3 is 30.3 Å². The Bertz CT molecular complexity index is 1510. The van der Waals surface area contributed by atoms with Crippen LogP contribution in [0.3, 0.4) is 0 Å². The molecule has 10 heteroatoms. The Morgan fingerprint density at radius 1 is 0.810 bits per heavy atom. The van der Waals surface area contributed by atoms with E-state index in [4.69, 9.17) is 37.7 Å². The number of hydrogen-bond acceptors (Lipinski definition) is 8. The Labute approximate surface area is 256 Å². The van der Waals surface area contributed by atoms with Gasteiger partial charge in [0.2, 0.25) is 5.88 Å². The highest BCUT2D eigenvalue weighted by Crippen LogP contribution is 2.42. The van der Waals surface area contributed by atoms with E-state index in [1.165, 1.54) is 0 Å². The molecule has 2 aromatic heterocycles. The van der Waals surface area contributed by atoms with Crippen LogP contribution < -0.4 is 20.1 Å². The second kappa shape index (κ2) is 14.8. The predicted molar refractivity (Wildman–Crippen MR) is 168 cm³/mol. The average Bonchev–Trinajstić information content (AvgIpc) is 2.97. The molecule has 0 unspecified atom stereocenters. The molecule has 4 aromatic rings. The molecule has 2 atom stereocenters. The molecular weight excluding hydrogens is 575 g/mol. The molecule has 0 spiro atoms. The fraction of sp³-hybridized carbons (Fsp3) is 0.312. The van der Waals surface area contributed by atoms with Crippen LogP contribution in [-0.4, -0.2) is 59.7 Å². The maximum Gasteiger partial charge on any atom is 0.218 e. The molecule has 0 aliphatic rings. The number of aromatic nitrogens is 2. The van der Waals surface area contributed by atoms with Crippen molar-refractivity contribution >= 4 is 23.2 Å². The van der Waals surface area contributed by atoms with Gasteiger partial charge in [-0.1, -0.05) is 47.5 Å². The van der Waals surface area contributed by atoms with Crippen molar-refractivity contribution < 1.29 is 19.7 Å². The van der Waals surface area contributed by atoms with Gasteiger partial charge in [-0.2, -0.15) is 0 Å². The summed E-state index contributed by atoms with van der Waals surface area (Å²) in [7, 11) is 3.19. The van der Waals surface area contributed by atoms with E-state index in [1.807, 2.05) is 54.6 Å². The zero-order chi connectivity index (χ0) is 30.2. The van der Waals surface area contributed by atoms with E-state index < -0.39 is 12.2 Å². The first-order chi connectivity index (χ1) is 20.2. The van der Waals surface area contributed by atoms with Crippen LogP contribution in [0.2, 0.25) is 10.0 Å². The maximum absolute atomic E-state index is 9.59. The molecule has 0 fully saturated rings. The summed E-state index contributed by atoms with van der Waals surface area (Å²) in [6.45, 7) is 5.45. The molecule has 8 nitrogen and oxygen atoms in total. The molecule has 0 bridgehead atoms. The van der Waals surface area contributed by atoms with E-state index in [1.54, 1.807) is 34.3 Å². The van der Waals surface area contributed by atoms with E-state index >= 15 is 0 Å². The fourth-order valence-electron chi connectivity index (χ4n) is 4.58. The summed E-state index contributed by atoms with van der Waals surface area (Å²) < 4.78 is 11.1. The van der Waals surface area contributed by atoms with E-state index in [2.05, 4.69) is 15.6 Å². The first-order valence-corrected chi connectivity index (χ1v) is 14.4. The summed E-state index contributed by atoms with van der Waals surface area (Å²) in [6, 6.07) is 17.2. The first kappa shape index (κ1) is 31.7. The van der Waals surface area contributed by atoms with Crippen LogP contribution in [-0.2, 0) is 13.1 Å². The highest BCUT2D eigenvalue weighted by atomic mass is 35.5. The van der Waals surface area contributed by atoms with Gasteiger partial charge >= 0.3 is 0 Å². The minimum absolute atomic E-state index is 0.449. The summed E-state index contributed by atoms with van der Waals surface area (Å²) in [5.41, 5.74) is 6.11. The van der Waals surface area contributed by atoms with Gasteiger partial charge in [-0.15, -0.1) is 0 Å². The Morgan fingerprint density at radius 3 is 2.19 bits per heavy atom. The molecule has 42 heavy (non-hydrogen) atoms. The number of aliphatic hydroxyl groups excluding tert-OH is 2. The van der Waals surface area contributed by atoms with Crippen molar-refractivity contribution in [1.82, 2.24) is 20.6 Å². The van der Waals surface area contributed by atoms with Crippen molar-refractivity contribution in [2.45, 2.75) is 39.1 Å². The SMILES string of the molecule is COc1cc(CNC[C@@H](C)O)cc(-c2nccc(-c3cccc(-c4ccc(CNC[C@@H](C)O)c(OC)n4)c3Cl)c2Cl)c1. The van der Waals surface area contributed by atoms with Crippen LogP contribution in [0.5, 0.6) is 11.6 Å². The lowest BCUT2D eigenvalue weighted by Crippen LogP contribution is -2.24. The molecule has 2 aromatic carbocycles. The monoisotopic (exact) mass is 610 g/mol. The Morgan fingerprint density at radius 2 is 1.50 bits per heavy atom. The lowest BCUT2D eigenvalue weighted by molar-refractivity contribution is 0.190. The zero-order valence-corrected chi connectivity index (χ0v) is 25.6. The molecule has 0 saturated carbocycles. The van der Waals surface area contributed by atoms with Crippen LogP contribution in [0, 0.1) is 0 Å². The molecule has 0 radical (unpaired) electrons. The average molecular weight is 612 g/mol. The molecule has 4 rings (SSSR count). The largest absolute Gasteiger partial charge is 0.497 e. The smallest absolute Gasteiger partial charge is 0.218 e. The third-order valence-corrected chi connectivity index (χ3v) is 7.38. The van der Waals surface area contributed by atoms with Gasteiger partial charge in [-0.25, -0.2) is 4.98 Å². The van der Waals surface area contributed by atoms with Crippen molar-refractivity contribution in [2.24, 2.45) is 0 Å². The zero-order valence-electron chi connectivity index (χ0n) is 24.1. The van der Waals surface area contributed by atoms with Gasteiger partial charge in [0.25, 0.3) is 0 Å². The van der Waals surface area contributed by atoms with Crippen LogP contribution >= 0.6 is 23.2 Å². The molecule has 4 N–H and O–H groups in total. The summed E-state index contributed by atoms with van der Waals surface area (Å²) in [5, 5.41) is 26.5. The first-order valence-electron chi connectivity index (χ1n) is 13.6. The standard InChI is InChI=1S/C32H36Cl2N4O4/c1-19(39)15-35-17-21-12-23(14-24(13-21)41-3)31-30(34)26(10-11-37-31)25-6-5-7-27(29(25)33)28-9-8-22(32(38-28)42-4)18-36-16-20(2)40/h5-14,19-20,35-36,39-40H,15-18H2,1-4H3/t19-,20-/m1/s1. The quantitative estimate of drug-likeness (QED) is 0.152. The lowest BCUT2D eigenvalue weighted by atomic mass is 9.99. The number of pyridine rings is 2.